The van der Waals surface area contributed by atoms with Crippen LogP contribution in [0.25, 0.3) is 16.7 Å². The zero-order valence-electron chi connectivity index (χ0n) is 14.9. The fourth-order valence-electron chi connectivity index (χ4n) is 3.03. The Hall–Kier alpha value is -3.61. The molecule has 0 fully saturated rings. The van der Waals surface area contributed by atoms with E-state index in [1.165, 1.54) is 10.9 Å². The second-order valence-corrected chi connectivity index (χ2v) is 6.31. The number of rotatable bonds is 5. The Morgan fingerprint density at radius 2 is 2.07 bits per heavy atom. The van der Waals surface area contributed by atoms with E-state index < -0.39 is 0 Å². The summed E-state index contributed by atoms with van der Waals surface area (Å²) in [5.74, 6) is 1.23. The van der Waals surface area contributed by atoms with Crippen molar-refractivity contribution in [3.05, 3.63) is 72.2 Å². The van der Waals surface area contributed by atoms with Crippen molar-refractivity contribution >= 4 is 22.8 Å². The second-order valence-electron chi connectivity index (χ2n) is 6.31. The van der Waals surface area contributed by atoms with E-state index in [4.69, 9.17) is 0 Å². The van der Waals surface area contributed by atoms with Crippen LogP contribution in [0.1, 0.15) is 11.1 Å². The molecule has 0 aliphatic rings. The molecule has 27 heavy (non-hydrogen) atoms. The predicted octanol–water partition coefficient (Wildman–Crippen LogP) is 3.42. The van der Waals surface area contributed by atoms with Crippen molar-refractivity contribution < 1.29 is 4.79 Å². The molecule has 1 aromatic carbocycles. The summed E-state index contributed by atoms with van der Waals surface area (Å²) in [6.07, 6.45) is 6.09. The standard InChI is InChI=1S/C20H20N6O/c1-14-6-9-21-19(12-14)26-18(8-11-24-26)25-20(27)22-10-7-15-13-23-17-5-3-2-4-16(15)17/h2-6,8-9,11-13,23H,7,10H2,1H3,(H2,22,25,27). The number of nitrogens with zero attached hydrogens (tertiary/aromatic N) is 3. The molecule has 4 rings (SSSR count). The summed E-state index contributed by atoms with van der Waals surface area (Å²) in [6.45, 7) is 2.52. The van der Waals surface area contributed by atoms with Crippen LogP contribution in [-0.2, 0) is 6.42 Å². The van der Waals surface area contributed by atoms with Gasteiger partial charge in [-0.15, -0.1) is 0 Å². The Morgan fingerprint density at radius 1 is 1.19 bits per heavy atom. The molecular formula is C20H20N6O. The number of aryl methyl sites for hydroxylation is 1. The predicted molar refractivity (Wildman–Crippen MR) is 105 cm³/mol. The van der Waals surface area contributed by atoms with Gasteiger partial charge in [-0.3, -0.25) is 5.32 Å². The number of pyridine rings is 1. The van der Waals surface area contributed by atoms with E-state index in [9.17, 15) is 4.79 Å². The van der Waals surface area contributed by atoms with Crippen LogP contribution in [0.5, 0.6) is 0 Å². The van der Waals surface area contributed by atoms with E-state index in [-0.39, 0.29) is 6.03 Å². The molecule has 0 saturated carbocycles. The van der Waals surface area contributed by atoms with Gasteiger partial charge in [-0.2, -0.15) is 9.78 Å². The average molecular weight is 360 g/mol. The lowest BCUT2D eigenvalue weighted by Gasteiger charge is -2.10. The highest BCUT2D eigenvalue weighted by Crippen LogP contribution is 2.18. The quantitative estimate of drug-likeness (QED) is 0.509. The summed E-state index contributed by atoms with van der Waals surface area (Å²) >= 11 is 0. The number of benzene rings is 1. The van der Waals surface area contributed by atoms with Gasteiger partial charge < -0.3 is 10.3 Å². The lowest BCUT2D eigenvalue weighted by Crippen LogP contribution is -2.31. The summed E-state index contributed by atoms with van der Waals surface area (Å²) in [7, 11) is 0. The third kappa shape index (κ3) is 3.67. The van der Waals surface area contributed by atoms with Gasteiger partial charge in [0.15, 0.2) is 5.82 Å². The highest BCUT2D eigenvalue weighted by molar-refractivity contribution is 5.88. The number of carbonyl (C=O) groups is 1. The van der Waals surface area contributed by atoms with Crippen LogP contribution in [0.3, 0.4) is 0 Å². The fourth-order valence-corrected chi connectivity index (χ4v) is 3.03. The molecule has 3 N–H and O–H groups in total. The molecule has 3 heterocycles. The van der Waals surface area contributed by atoms with Crippen molar-refractivity contribution in [1.29, 1.82) is 0 Å². The molecule has 0 saturated heterocycles. The molecule has 136 valence electrons. The van der Waals surface area contributed by atoms with E-state index in [0.717, 1.165) is 17.5 Å². The van der Waals surface area contributed by atoms with Crippen molar-refractivity contribution in [1.82, 2.24) is 25.1 Å². The molecule has 0 unspecified atom stereocenters. The lowest BCUT2D eigenvalue weighted by molar-refractivity contribution is 0.252. The number of aromatic nitrogens is 4. The lowest BCUT2D eigenvalue weighted by atomic mass is 10.1. The molecule has 2 amide bonds. The Kier molecular flexibility index (Phi) is 4.57. The first kappa shape index (κ1) is 16.8. The number of carbonyl (C=O) groups excluding carboxylic acids is 1. The molecule has 0 aliphatic heterocycles. The minimum absolute atomic E-state index is 0.274. The third-order valence-corrected chi connectivity index (χ3v) is 4.36. The van der Waals surface area contributed by atoms with Gasteiger partial charge >= 0.3 is 6.03 Å². The minimum Gasteiger partial charge on any atom is -0.361 e. The Bertz CT molecular complexity index is 1080. The Labute approximate surface area is 156 Å². The number of hydrogen-bond acceptors (Lipinski definition) is 3. The van der Waals surface area contributed by atoms with Crippen LogP contribution in [0.4, 0.5) is 10.6 Å². The van der Waals surface area contributed by atoms with Crippen molar-refractivity contribution in [2.45, 2.75) is 13.3 Å². The molecule has 0 atom stereocenters. The number of urea groups is 1. The summed E-state index contributed by atoms with van der Waals surface area (Å²) in [6, 6.07) is 13.4. The highest BCUT2D eigenvalue weighted by atomic mass is 16.2. The molecule has 3 aromatic heterocycles. The normalized spacial score (nSPS) is 10.9. The van der Waals surface area contributed by atoms with Gasteiger partial charge in [-0.05, 0) is 42.7 Å². The number of fused-ring (bicyclic) bond motifs is 1. The van der Waals surface area contributed by atoms with E-state index in [2.05, 4.69) is 31.8 Å². The van der Waals surface area contributed by atoms with Gasteiger partial charge in [0.2, 0.25) is 0 Å². The summed E-state index contributed by atoms with van der Waals surface area (Å²) < 4.78 is 1.60. The number of nitrogens with one attached hydrogen (secondary N) is 3. The summed E-state index contributed by atoms with van der Waals surface area (Å²) in [4.78, 5) is 19.8. The van der Waals surface area contributed by atoms with Crippen LogP contribution in [0.2, 0.25) is 0 Å². The number of amides is 2. The maximum absolute atomic E-state index is 12.3. The molecule has 0 aliphatic carbocycles. The van der Waals surface area contributed by atoms with Gasteiger partial charge in [-0.25, -0.2) is 9.78 Å². The first-order chi connectivity index (χ1) is 13.2. The number of aromatic amines is 1. The number of para-hydroxylation sites is 1. The van der Waals surface area contributed by atoms with E-state index in [1.54, 1.807) is 23.1 Å². The molecule has 0 spiro atoms. The van der Waals surface area contributed by atoms with Gasteiger partial charge in [0, 0.05) is 35.9 Å². The van der Waals surface area contributed by atoms with Crippen LogP contribution in [-0.4, -0.2) is 32.3 Å². The van der Waals surface area contributed by atoms with Crippen LogP contribution in [0.15, 0.2) is 61.1 Å². The van der Waals surface area contributed by atoms with E-state index in [0.29, 0.717) is 18.2 Å². The first-order valence-electron chi connectivity index (χ1n) is 8.77. The molecule has 0 radical (unpaired) electrons. The molecule has 0 bridgehead atoms. The SMILES string of the molecule is Cc1ccnc(-n2nccc2NC(=O)NCCc2c[nH]c3ccccc23)c1. The monoisotopic (exact) mass is 360 g/mol. The van der Waals surface area contributed by atoms with Crippen molar-refractivity contribution in [2.75, 3.05) is 11.9 Å². The van der Waals surface area contributed by atoms with Crippen molar-refractivity contribution in [3.8, 4) is 5.82 Å². The van der Waals surface area contributed by atoms with Crippen LogP contribution < -0.4 is 10.6 Å². The van der Waals surface area contributed by atoms with Crippen molar-refractivity contribution in [3.63, 3.8) is 0 Å². The number of anilines is 1. The average Bonchev–Trinajstić information content (AvgIpc) is 3.29. The summed E-state index contributed by atoms with van der Waals surface area (Å²) in [5.41, 5.74) is 3.36. The Balaban J connectivity index is 1.37. The van der Waals surface area contributed by atoms with Gasteiger partial charge in [0.05, 0.1) is 6.20 Å². The van der Waals surface area contributed by atoms with Gasteiger partial charge in [0.25, 0.3) is 0 Å². The summed E-state index contributed by atoms with van der Waals surface area (Å²) in [5, 5.41) is 11.1. The molecular weight excluding hydrogens is 340 g/mol. The van der Waals surface area contributed by atoms with Gasteiger partial charge in [-0.1, -0.05) is 18.2 Å². The maximum Gasteiger partial charge on any atom is 0.320 e. The first-order valence-corrected chi connectivity index (χ1v) is 8.77. The largest absolute Gasteiger partial charge is 0.361 e. The fraction of sp³-hybridized carbons (Fsp3) is 0.150. The molecule has 7 heteroatoms. The smallest absolute Gasteiger partial charge is 0.320 e. The van der Waals surface area contributed by atoms with Gasteiger partial charge in [0.1, 0.15) is 5.82 Å². The van der Waals surface area contributed by atoms with E-state index in [1.807, 2.05) is 43.5 Å². The van der Waals surface area contributed by atoms with E-state index >= 15 is 0 Å². The van der Waals surface area contributed by atoms with Crippen LogP contribution >= 0.6 is 0 Å². The molecule has 4 aromatic rings. The number of H-pyrrole nitrogens is 1. The highest BCUT2D eigenvalue weighted by Gasteiger charge is 2.10. The second kappa shape index (κ2) is 7.33. The van der Waals surface area contributed by atoms with Crippen LogP contribution in [0, 0.1) is 6.92 Å². The zero-order valence-corrected chi connectivity index (χ0v) is 14.9. The van der Waals surface area contributed by atoms with Crippen molar-refractivity contribution in [2.24, 2.45) is 0 Å². The number of hydrogen-bond donors (Lipinski definition) is 3. The zero-order chi connectivity index (χ0) is 18.6. The molecule has 7 nitrogen and oxygen atoms in total. The minimum atomic E-state index is -0.274. The Morgan fingerprint density at radius 3 is 2.96 bits per heavy atom. The third-order valence-electron chi connectivity index (χ3n) is 4.36. The maximum atomic E-state index is 12.3. The topological polar surface area (TPSA) is 87.6 Å².